The Labute approximate surface area is 190 Å². The Bertz CT molecular complexity index is 1290. The molecule has 0 bridgehead atoms. The van der Waals surface area contributed by atoms with E-state index in [9.17, 15) is 19.3 Å². The summed E-state index contributed by atoms with van der Waals surface area (Å²) >= 11 is 1.12. The highest BCUT2D eigenvalue weighted by Crippen LogP contribution is 2.28. The number of rotatable bonds is 8. The minimum Gasteiger partial charge on any atom is -0.461 e. The summed E-state index contributed by atoms with van der Waals surface area (Å²) in [6.07, 6.45) is 2.88. The Morgan fingerprint density at radius 2 is 1.94 bits per heavy atom. The molecule has 1 N–H and O–H groups in total. The number of halogens is 1. The molecule has 2 aromatic carbocycles. The third-order valence-electron chi connectivity index (χ3n) is 4.30. The third kappa shape index (κ3) is 5.30. The van der Waals surface area contributed by atoms with Gasteiger partial charge in [0.25, 0.3) is 11.6 Å². The lowest BCUT2D eigenvalue weighted by Crippen LogP contribution is -2.20. The van der Waals surface area contributed by atoms with Crippen molar-refractivity contribution in [3.63, 3.8) is 0 Å². The SMILES string of the molecule is O=C(CSc1nnc(-c2ccco2)n1-c1ccc(F)cc1)NN=Cc1ccc([N+](=O)[O-])cc1. The fraction of sp³-hybridized carbons (Fsp3) is 0.0476. The van der Waals surface area contributed by atoms with Crippen LogP contribution in [0.25, 0.3) is 17.3 Å². The summed E-state index contributed by atoms with van der Waals surface area (Å²) in [7, 11) is 0. The van der Waals surface area contributed by atoms with E-state index in [1.165, 1.54) is 48.9 Å². The number of non-ortho nitro benzene ring substituents is 1. The van der Waals surface area contributed by atoms with Crippen molar-refractivity contribution < 1.29 is 18.5 Å². The molecule has 2 aromatic heterocycles. The van der Waals surface area contributed by atoms with Gasteiger partial charge in [0.05, 0.1) is 28.8 Å². The van der Waals surface area contributed by atoms with Gasteiger partial charge in [-0.05, 0) is 54.1 Å². The first-order valence-corrected chi connectivity index (χ1v) is 10.4. The number of thioether (sulfide) groups is 1. The number of nitrogens with zero attached hydrogens (tertiary/aromatic N) is 5. The minimum absolute atomic E-state index is 0.0188. The Morgan fingerprint density at radius 1 is 1.18 bits per heavy atom. The van der Waals surface area contributed by atoms with Crippen LogP contribution in [0.15, 0.2) is 81.6 Å². The molecule has 0 aliphatic heterocycles. The highest BCUT2D eigenvalue weighted by Gasteiger charge is 2.19. The van der Waals surface area contributed by atoms with Crippen molar-refractivity contribution in [2.45, 2.75) is 5.16 Å². The second-order valence-electron chi connectivity index (χ2n) is 6.53. The molecule has 2 heterocycles. The largest absolute Gasteiger partial charge is 0.461 e. The van der Waals surface area contributed by atoms with Crippen molar-refractivity contribution >= 4 is 29.6 Å². The van der Waals surface area contributed by atoms with Crippen LogP contribution in [0.3, 0.4) is 0 Å². The molecule has 0 saturated carbocycles. The van der Waals surface area contributed by atoms with Crippen molar-refractivity contribution in [2.24, 2.45) is 5.10 Å². The molecule has 0 fully saturated rings. The quantitative estimate of drug-likeness (QED) is 0.181. The van der Waals surface area contributed by atoms with E-state index in [0.717, 1.165) is 11.8 Å². The van der Waals surface area contributed by atoms with E-state index in [0.29, 0.717) is 28.0 Å². The number of nitrogens with one attached hydrogen (secondary N) is 1. The normalized spacial score (nSPS) is 11.1. The van der Waals surface area contributed by atoms with Crippen LogP contribution >= 0.6 is 11.8 Å². The van der Waals surface area contributed by atoms with Gasteiger partial charge in [0.2, 0.25) is 5.82 Å². The summed E-state index contributed by atoms with van der Waals surface area (Å²) in [6, 6.07) is 14.9. The van der Waals surface area contributed by atoms with Gasteiger partial charge < -0.3 is 4.42 Å². The smallest absolute Gasteiger partial charge is 0.269 e. The lowest BCUT2D eigenvalue weighted by Gasteiger charge is -2.09. The zero-order chi connectivity index (χ0) is 23.2. The maximum atomic E-state index is 13.4. The second kappa shape index (κ2) is 9.87. The van der Waals surface area contributed by atoms with Crippen LogP contribution in [0, 0.1) is 15.9 Å². The molecule has 33 heavy (non-hydrogen) atoms. The Kier molecular flexibility index (Phi) is 6.55. The molecule has 10 nitrogen and oxygen atoms in total. The molecule has 4 aromatic rings. The average Bonchev–Trinajstić information content (AvgIpc) is 3.48. The fourth-order valence-electron chi connectivity index (χ4n) is 2.78. The van der Waals surface area contributed by atoms with E-state index in [1.807, 2.05) is 0 Å². The molecule has 4 rings (SSSR count). The number of amides is 1. The minimum atomic E-state index is -0.498. The predicted molar refractivity (Wildman–Crippen MR) is 119 cm³/mol. The van der Waals surface area contributed by atoms with E-state index in [4.69, 9.17) is 4.42 Å². The van der Waals surface area contributed by atoms with Crippen LogP contribution in [-0.2, 0) is 4.79 Å². The molecule has 12 heteroatoms. The molecule has 0 unspecified atom stereocenters. The lowest BCUT2D eigenvalue weighted by atomic mass is 10.2. The van der Waals surface area contributed by atoms with Crippen molar-refractivity contribution in [1.29, 1.82) is 0 Å². The van der Waals surface area contributed by atoms with E-state index in [2.05, 4.69) is 20.7 Å². The van der Waals surface area contributed by atoms with Crippen LogP contribution in [0.1, 0.15) is 5.56 Å². The van der Waals surface area contributed by atoms with Gasteiger partial charge >= 0.3 is 0 Å². The number of hydrogen-bond donors (Lipinski definition) is 1. The molecule has 0 aliphatic carbocycles. The van der Waals surface area contributed by atoms with E-state index < -0.39 is 10.8 Å². The summed E-state index contributed by atoms with van der Waals surface area (Å²) in [4.78, 5) is 22.4. The maximum absolute atomic E-state index is 13.4. The van der Waals surface area contributed by atoms with Crippen LogP contribution in [-0.4, -0.2) is 37.6 Å². The number of carbonyl (C=O) groups is 1. The second-order valence-corrected chi connectivity index (χ2v) is 7.47. The van der Waals surface area contributed by atoms with Crippen molar-refractivity contribution in [2.75, 3.05) is 5.75 Å². The number of benzene rings is 2. The Balaban J connectivity index is 1.44. The zero-order valence-corrected chi connectivity index (χ0v) is 17.6. The number of furan rings is 1. The van der Waals surface area contributed by atoms with Crippen LogP contribution in [0.4, 0.5) is 10.1 Å². The first kappa shape index (κ1) is 21.9. The van der Waals surface area contributed by atoms with E-state index in [-0.39, 0.29) is 17.3 Å². The van der Waals surface area contributed by atoms with Crippen molar-refractivity contribution in [3.05, 3.63) is 88.4 Å². The lowest BCUT2D eigenvalue weighted by molar-refractivity contribution is -0.384. The molecule has 1 amide bonds. The molecular formula is C21H15FN6O4S. The number of carbonyl (C=O) groups excluding carboxylic acids is 1. The summed E-state index contributed by atoms with van der Waals surface area (Å²) in [5.41, 5.74) is 3.55. The molecule has 0 saturated heterocycles. The molecule has 0 spiro atoms. The first-order chi connectivity index (χ1) is 16.0. The van der Waals surface area contributed by atoms with Crippen molar-refractivity contribution in [3.8, 4) is 17.3 Å². The van der Waals surface area contributed by atoms with Gasteiger partial charge in [-0.3, -0.25) is 19.5 Å². The monoisotopic (exact) mass is 466 g/mol. The topological polar surface area (TPSA) is 128 Å². The molecule has 0 aliphatic rings. The van der Waals surface area contributed by atoms with E-state index in [1.54, 1.807) is 28.8 Å². The summed E-state index contributed by atoms with van der Waals surface area (Å²) in [5, 5.41) is 23.2. The van der Waals surface area contributed by atoms with E-state index >= 15 is 0 Å². The van der Waals surface area contributed by atoms with Crippen LogP contribution in [0.2, 0.25) is 0 Å². The highest BCUT2D eigenvalue weighted by molar-refractivity contribution is 7.99. The Morgan fingerprint density at radius 3 is 2.61 bits per heavy atom. The molecule has 0 atom stereocenters. The standard InChI is InChI=1S/C21H15FN6O4S/c22-15-5-9-16(10-6-15)27-20(18-2-1-11-32-18)25-26-21(27)33-13-19(29)24-23-12-14-3-7-17(8-4-14)28(30)31/h1-12H,13H2,(H,24,29). The average molecular weight is 466 g/mol. The highest BCUT2D eigenvalue weighted by atomic mass is 32.2. The summed E-state index contributed by atoms with van der Waals surface area (Å²) in [6.45, 7) is 0. The molecule has 166 valence electrons. The number of nitro groups is 1. The number of hydrazone groups is 1. The van der Waals surface area contributed by atoms with Gasteiger partial charge in [0.15, 0.2) is 10.9 Å². The molecule has 0 radical (unpaired) electrons. The number of aromatic nitrogens is 3. The summed E-state index contributed by atoms with van der Waals surface area (Å²) in [5.74, 6) is 0.0773. The van der Waals surface area contributed by atoms with Crippen LogP contribution in [0.5, 0.6) is 0 Å². The van der Waals surface area contributed by atoms with Gasteiger partial charge in [0, 0.05) is 12.1 Å². The van der Waals surface area contributed by atoms with Gasteiger partial charge in [-0.1, -0.05) is 11.8 Å². The maximum Gasteiger partial charge on any atom is 0.269 e. The van der Waals surface area contributed by atoms with Crippen molar-refractivity contribution in [1.82, 2.24) is 20.2 Å². The summed E-state index contributed by atoms with van der Waals surface area (Å²) < 4.78 is 20.5. The Hall–Kier alpha value is -4.32. The van der Waals surface area contributed by atoms with Crippen LogP contribution < -0.4 is 5.43 Å². The third-order valence-corrected chi connectivity index (χ3v) is 5.23. The fourth-order valence-corrected chi connectivity index (χ4v) is 3.52. The van der Waals surface area contributed by atoms with Gasteiger partial charge in [-0.25, -0.2) is 9.82 Å². The zero-order valence-electron chi connectivity index (χ0n) is 16.8. The predicted octanol–water partition coefficient (Wildman–Crippen LogP) is 3.82. The van der Waals surface area contributed by atoms with Gasteiger partial charge in [-0.2, -0.15) is 5.10 Å². The van der Waals surface area contributed by atoms with Gasteiger partial charge in [0.1, 0.15) is 5.82 Å². The molecular weight excluding hydrogens is 451 g/mol. The number of nitro benzene ring substituents is 1. The first-order valence-electron chi connectivity index (χ1n) is 9.45. The van der Waals surface area contributed by atoms with Gasteiger partial charge in [-0.15, -0.1) is 10.2 Å². The number of hydrogen-bond acceptors (Lipinski definition) is 8.